The van der Waals surface area contributed by atoms with Crippen LogP contribution in [0, 0.1) is 0 Å². The minimum atomic E-state index is -4.54. The molecule has 0 spiro atoms. The van der Waals surface area contributed by atoms with Crippen LogP contribution >= 0.6 is 0 Å². The fourth-order valence-electron chi connectivity index (χ4n) is 2.86. The van der Waals surface area contributed by atoms with Crippen molar-refractivity contribution >= 4 is 11.6 Å². The van der Waals surface area contributed by atoms with E-state index in [-0.39, 0.29) is 18.5 Å². The molecular formula is C22H21F3N2O2. The van der Waals surface area contributed by atoms with Crippen LogP contribution in [0.25, 0.3) is 11.3 Å². The maximum absolute atomic E-state index is 13.0. The van der Waals surface area contributed by atoms with E-state index >= 15 is 0 Å². The maximum Gasteiger partial charge on any atom is 0.418 e. The zero-order chi connectivity index (χ0) is 21.0. The van der Waals surface area contributed by atoms with Crippen molar-refractivity contribution in [3.8, 4) is 11.3 Å². The van der Waals surface area contributed by atoms with Gasteiger partial charge in [-0.25, -0.2) is 4.98 Å². The second kappa shape index (κ2) is 8.51. The Morgan fingerprint density at radius 2 is 1.79 bits per heavy atom. The molecule has 3 rings (SSSR count). The molecule has 1 N–H and O–H groups in total. The minimum Gasteiger partial charge on any atom is -0.441 e. The predicted octanol–water partition coefficient (Wildman–Crippen LogP) is 6.06. The van der Waals surface area contributed by atoms with Gasteiger partial charge in [0.25, 0.3) is 0 Å². The van der Waals surface area contributed by atoms with Crippen LogP contribution in [-0.4, -0.2) is 10.9 Å². The molecule has 0 unspecified atom stereocenters. The van der Waals surface area contributed by atoms with Crippen LogP contribution in [0.1, 0.15) is 43.2 Å². The Bertz CT molecular complexity index is 976. The van der Waals surface area contributed by atoms with Gasteiger partial charge in [0.15, 0.2) is 11.7 Å². The molecule has 0 aliphatic heterocycles. The minimum absolute atomic E-state index is 0.0432. The van der Waals surface area contributed by atoms with Crippen molar-refractivity contribution < 1.29 is 22.4 Å². The second-order valence-corrected chi connectivity index (χ2v) is 6.99. The van der Waals surface area contributed by atoms with E-state index < -0.39 is 17.6 Å². The quantitative estimate of drug-likeness (QED) is 0.546. The smallest absolute Gasteiger partial charge is 0.418 e. The molecule has 0 saturated heterocycles. The lowest BCUT2D eigenvalue weighted by Crippen LogP contribution is -2.16. The van der Waals surface area contributed by atoms with Crippen LogP contribution in [0.3, 0.4) is 0 Å². The molecular weight excluding hydrogens is 381 g/mol. The van der Waals surface area contributed by atoms with Crippen LogP contribution in [0.15, 0.2) is 59.1 Å². The lowest BCUT2D eigenvalue weighted by atomic mass is 10.0. The van der Waals surface area contributed by atoms with Gasteiger partial charge in [-0.3, -0.25) is 4.79 Å². The van der Waals surface area contributed by atoms with Crippen molar-refractivity contribution in [2.45, 2.75) is 38.8 Å². The highest BCUT2D eigenvalue weighted by molar-refractivity contribution is 5.91. The Balaban J connectivity index is 1.61. The van der Waals surface area contributed by atoms with Gasteiger partial charge >= 0.3 is 6.18 Å². The number of benzene rings is 2. The van der Waals surface area contributed by atoms with E-state index in [1.54, 1.807) is 6.20 Å². The Kier molecular flexibility index (Phi) is 6.06. The van der Waals surface area contributed by atoms with Crippen LogP contribution in [0.4, 0.5) is 18.9 Å². The van der Waals surface area contributed by atoms with Crippen LogP contribution < -0.4 is 5.32 Å². The van der Waals surface area contributed by atoms with Gasteiger partial charge in [-0.2, -0.15) is 13.2 Å². The first-order valence-electron chi connectivity index (χ1n) is 9.25. The number of halogens is 3. The summed E-state index contributed by atoms with van der Waals surface area (Å²) < 4.78 is 44.7. The molecule has 2 aromatic carbocycles. The first kappa shape index (κ1) is 20.6. The molecule has 7 heteroatoms. The molecule has 1 heterocycles. The van der Waals surface area contributed by atoms with Gasteiger partial charge in [0.05, 0.1) is 17.4 Å². The van der Waals surface area contributed by atoms with Crippen LogP contribution in [0.2, 0.25) is 0 Å². The topological polar surface area (TPSA) is 55.1 Å². The number of hydrogen-bond donors (Lipinski definition) is 1. The largest absolute Gasteiger partial charge is 0.441 e. The van der Waals surface area contributed by atoms with Crippen molar-refractivity contribution in [2.24, 2.45) is 0 Å². The van der Waals surface area contributed by atoms with Crippen molar-refractivity contribution in [1.29, 1.82) is 0 Å². The van der Waals surface area contributed by atoms with Gasteiger partial charge in [0.2, 0.25) is 5.91 Å². The molecule has 0 aliphatic rings. The third-order valence-corrected chi connectivity index (χ3v) is 4.49. The molecule has 1 amide bonds. The van der Waals surface area contributed by atoms with Gasteiger partial charge in [-0.05, 0) is 23.6 Å². The number of alkyl halides is 3. The highest BCUT2D eigenvalue weighted by Gasteiger charge is 2.33. The van der Waals surface area contributed by atoms with Gasteiger partial charge in [0, 0.05) is 18.4 Å². The van der Waals surface area contributed by atoms with Crippen molar-refractivity contribution in [2.75, 3.05) is 5.32 Å². The number of nitrogens with one attached hydrogen (secondary N) is 1. The van der Waals surface area contributed by atoms with E-state index in [1.165, 1.54) is 23.8 Å². The van der Waals surface area contributed by atoms with Gasteiger partial charge in [0.1, 0.15) is 0 Å². The van der Waals surface area contributed by atoms with E-state index in [0.717, 1.165) is 11.6 Å². The van der Waals surface area contributed by atoms with E-state index in [9.17, 15) is 18.0 Å². The van der Waals surface area contributed by atoms with E-state index in [0.29, 0.717) is 17.6 Å². The lowest BCUT2D eigenvalue weighted by molar-refractivity contribution is -0.137. The summed E-state index contributed by atoms with van der Waals surface area (Å²) in [6.07, 6.45) is -2.81. The number of aryl methyl sites for hydroxylation is 1. The number of aromatic nitrogens is 1. The summed E-state index contributed by atoms with van der Waals surface area (Å²) in [5.41, 5.74) is 0.945. The van der Waals surface area contributed by atoms with Gasteiger partial charge in [-0.15, -0.1) is 0 Å². The van der Waals surface area contributed by atoms with Gasteiger partial charge < -0.3 is 9.73 Å². The predicted molar refractivity (Wildman–Crippen MR) is 104 cm³/mol. The SMILES string of the molecule is CC(C)c1ccc(-c2cnc(CCC(=O)Nc3ccccc3C(F)(F)F)o2)cc1. The summed E-state index contributed by atoms with van der Waals surface area (Å²) in [7, 11) is 0. The van der Waals surface area contributed by atoms with Crippen LogP contribution in [0.5, 0.6) is 0 Å². The lowest BCUT2D eigenvalue weighted by Gasteiger charge is -2.13. The number of amides is 1. The van der Waals surface area contributed by atoms with E-state index in [4.69, 9.17) is 4.42 Å². The van der Waals surface area contributed by atoms with Crippen molar-refractivity contribution in [3.63, 3.8) is 0 Å². The highest BCUT2D eigenvalue weighted by Crippen LogP contribution is 2.34. The molecule has 3 aromatic rings. The molecule has 0 saturated carbocycles. The average Bonchev–Trinajstić information content (AvgIpc) is 3.15. The monoisotopic (exact) mass is 402 g/mol. The molecule has 29 heavy (non-hydrogen) atoms. The van der Waals surface area contributed by atoms with Crippen LogP contribution in [-0.2, 0) is 17.4 Å². The molecule has 0 aliphatic carbocycles. The summed E-state index contributed by atoms with van der Waals surface area (Å²) >= 11 is 0. The summed E-state index contributed by atoms with van der Waals surface area (Å²) in [4.78, 5) is 16.3. The highest BCUT2D eigenvalue weighted by atomic mass is 19.4. The fraction of sp³-hybridized carbons (Fsp3) is 0.273. The Hall–Kier alpha value is -3.09. The molecule has 1 aromatic heterocycles. The zero-order valence-electron chi connectivity index (χ0n) is 16.1. The number of para-hydroxylation sites is 1. The normalized spacial score (nSPS) is 11.7. The molecule has 0 atom stereocenters. The molecule has 4 nitrogen and oxygen atoms in total. The van der Waals surface area contributed by atoms with Crippen molar-refractivity contribution in [3.05, 3.63) is 71.7 Å². The number of carbonyl (C=O) groups is 1. The average molecular weight is 402 g/mol. The number of oxazole rings is 1. The second-order valence-electron chi connectivity index (χ2n) is 6.99. The summed E-state index contributed by atoms with van der Waals surface area (Å²) in [6.45, 7) is 4.22. The number of nitrogens with zero attached hydrogens (tertiary/aromatic N) is 1. The Labute approximate surface area is 166 Å². The summed E-state index contributed by atoms with van der Waals surface area (Å²) in [5.74, 6) is 0.823. The van der Waals surface area contributed by atoms with E-state index in [1.807, 2.05) is 24.3 Å². The third kappa shape index (κ3) is 5.25. The maximum atomic E-state index is 13.0. The first-order valence-corrected chi connectivity index (χ1v) is 9.25. The summed E-state index contributed by atoms with van der Waals surface area (Å²) in [6, 6.07) is 12.8. The molecule has 152 valence electrons. The fourth-order valence-corrected chi connectivity index (χ4v) is 2.86. The number of anilines is 1. The molecule has 0 bridgehead atoms. The standard InChI is InChI=1S/C22H21F3N2O2/c1-14(2)15-7-9-16(10-8-15)19-13-26-21(29-19)12-11-20(28)27-18-6-4-3-5-17(18)22(23,24)25/h3-10,13-14H,11-12H2,1-2H3,(H,27,28). The molecule has 0 radical (unpaired) electrons. The number of hydrogen-bond acceptors (Lipinski definition) is 3. The van der Waals surface area contributed by atoms with Crippen molar-refractivity contribution in [1.82, 2.24) is 4.98 Å². The Morgan fingerprint density at radius 3 is 2.45 bits per heavy atom. The summed E-state index contributed by atoms with van der Waals surface area (Å²) in [5, 5.41) is 2.31. The van der Waals surface area contributed by atoms with Gasteiger partial charge in [-0.1, -0.05) is 50.2 Å². The molecule has 0 fully saturated rings. The Morgan fingerprint density at radius 1 is 1.10 bits per heavy atom. The van der Waals surface area contributed by atoms with E-state index in [2.05, 4.69) is 24.1 Å². The number of carbonyl (C=O) groups excluding carboxylic acids is 1. The zero-order valence-corrected chi connectivity index (χ0v) is 16.1. The first-order chi connectivity index (χ1) is 13.7. The third-order valence-electron chi connectivity index (χ3n) is 4.49. The number of rotatable bonds is 6.